The normalized spacial score (nSPS) is 10.4. The molecule has 0 aliphatic rings. The highest BCUT2D eigenvalue weighted by atomic mass is 32.1. The summed E-state index contributed by atoms with van der Waals surface area (Å²) in [5.74, 6) is -0.196. The molecular weight excluding hydrogens is 283 g/mol. The highest BCUT2D eigenvalue weighted by Gasteiger charge is 2.06. The van der Waals surface area contributed by atoms with E-state index in [1.54, 1.807) is 6.07 Å². The van der Waals surface area contributed by atoms with Gasteiger partial charge in [-0.15, -0.1) is 0 Å². The first-order valence-corrected chi connectivity index (χ1v) is 7.27. The third-order valence-electron chi connectivity index (χ3n) is 3.45. The largest absolute Gasteiger partial charge is 0.389 e. The Morgan fingerprint density at radius 1 is 1.19 bits per heavy atom. The summed E-state index contributed by atoms with van der Waals surface area (Å²) in [6.45, 7) is 4.69. The number of thiocarbonyl (C=S) groups is 1. The minimum atomic E-state index is -0.196. The molecule has 2 rings (SSSR count). The van der Waals surface area contributed by atoms with Crippen molar-refractivity contribution in [2.45, 2.75) is 20.3 Å². The third-order valence-corrected chi connectivity index (χ3v) is 3.67. The van der Waals surface area contributed by atoms with Gasteiger partial charge in [0.05, 0.1) is 0 Å². The maximum absolute atomic E-state index is 13.1. The maximum Gasteiger partial charge on any atom is 0.123 e. The minimum Gasteiger partial charge on any atom is -0.389 e. The van der Waals surface area contributed by atoms with Gasteiger partial charge in [-0.05, 0) is 61.2 Å². The Kier molecular flexibility index (Phi) is 4.91. The van der Waals surface area contributed by atoms with E-state index < -0.39 is 0 Å². The van der Waals surface area contributed by atoms with Gasteiger partial charge in [0.15, 0.2) is 0 Å². The lowest BCUT2D eigenvalue weighted by Gasteiger charge is -2.13. The van der Waals surface area contributed by atoms with Gasteiger partial charge in [0, 0.05) is 17.8 Å². The topological polar surface area (TPSA) is 38.0 Å². The van der Waals surface area contributed by atoms with Crippen LogP contribution in [-0.4, -0.2) is 11.5 Å². The molecule has 0 fully saturated rings. The van der Waals surface area contributed by atoms with Gasteiger partial charge < -0.3 is 11.1 Å². The molecule has 21 heavy (non-hydrogen) atoms. The monoisotopic (exact) mass is 302 g/mol. The van der Waals surface area contributed by atoms with E-state index in [1.165, 1.54) is 6.07 Å². The van der Waals surface area contributed by atoms with E-state index >= 15 is 0 Å². The molecule has 4 heteroatoms. The SMILES string of the molecule is Cc1ccc(C(N)=S)c(NCCc2ccc(F)cc2C)c1. The number of benzene rings is 2. The van der Waals surface area contributed by atoms with Gasteiger partial charge in [-0.1, -0.05) is 24.4 Å². The van der Waals surface area contributed by atoms with Crippen LogP contribution in [0.15, 0.2) is 36.4 Å². The van der Waals surface area contributed by atoms with Crippen LogP contribution in [0.1, 0.15) is 22.3 Å². The first kappa shape index (κ1) is 15.4. The van der Waals surface area contributed by atoms with E-state index in [0.29, 0.717) is 4.99 Å². The fourth-order valence-corrected chi connectivity index (χ4v) is 2.47. The van der Waals surface area contributed by atoms with E-state index in [4.69, 9.17) is 18.0 Å². The quantitative estimate of drug-likeness (QED) is 0.827. The molecule has 0 saturated heterocycles. The number of hydrogen-bond donors (Lipinski definition) is 2. The zero-order chi connectivity index (χ0) is 15.4. The zero-order valence-corrected chi connectivity index (χ0v) is 13.1. The van der Waals surface area contributed by atoms with Crippen LogP contribution >= 0.6 is 12.2 Å². The number of nitrogens with one attached hydrogen (secondary N) is 1. The van der Waals surface area contributed by atoms with Crippen LogP contribution < -0.4 is 11.1 Å². The summed E-state index contributed by atoms with van der Waals surface area (Å²) in [6.07, 6.45) is 0.816. The molecule has 3 N–H and O–H groups in total. The van der Waals surface area contributed by atoms with E-state index in [-0.39, 0.29) is 5.82 Å². The molecule has 0 atom stereocenters. The smallest absolute Gasteiger partial charge is 0.123 e. The van der Waals surface area contributed by atoms with E-state index in [9.17, 15) is 4.39 Å². The summed E-state index contributed by atoms with van der Waals surface area (Å²) in [5.41, 5.74) is 10.8. The van der Waals surface area contributed by atoms with Crippen LogP contribution in [0.3, 0.4) is 0 Å². The van der Waals surface area contributed by atoms with Crippen molar-refractivity contribution in [3.63, 3.8) is 0 Å². The van der Waals surface area contributed by atoms with E-state index in [0.717, 1.165) is 40.9 Å². The predicted octanol–water partition coefficient (Wildman–Crippen LogP) is 3.73. The number of rotatable bonds is 5. The van der Waals surface area contributed by atoms with Crippen LogP contribution in [0, 0.1) is 19.7 Å². The van der Waals surface area contributed by atoms with Crippen molar-refractivity contribution in [2.24, 2.45) is 5.73 Å². The van der Waals surface area contributed by atoms with Crippen molar-refractivity contribution < 1.29 is 4.39 Å². The average Bonchev–Trinajstić information content (AvgIpc) is 2.41. The summed E-state index contributed by atoms with van der Waals surface area (Å²) >= 11 is 5.07. The second-order valence-corrected chi connectivity index (χ2v) is 5.60. The highest BCUT2D eigenvalue weighted by Crippen LogP contribution is 2.18. The summed E-state index contributed by atoms with van der Waals surface area (Å²) < 4.78 is 13.1. The van der Waals surface area contributed by atoms with Gasteiger partial charge in [-0.25, -0.2) is 4.39 Å². The van der Waals surface area contributed by atoms with Crippen molar-refractivity contribution in [1.29, 1.82) is 0 Å². The number of hydrogen-bond acceptors (Lipinski definition) is 2. The zero-order valence-electron chi connectivity index (χ0n) is 12.2. The van der Waals surface area contributed by atoms with Crippen LogP contribution in [0.4, 0.5) is 10.1 Å². The van der Waals surface area contributed by atoms with Gasteiger partial charge in [0.25, 0.3) is 0 Å². The number of nitrogens with two attached hydrogens (primary N) is 1. The van der Waals surface area contributed by atoms with Gasteiger partial charge in [-0.3, -0.25) is 0 Å². The molecule has 0 unspecified atom stereocenters. The van der Waals surface area contributed by atoms with E-state index in [1.807, 2.05) is 38.1 Å². The Bertz CT molecular complexity index is 668. The van der Waals surface area contributed by atoms with Gasteiger partial charge in [0.1, 0.15) is 10.8 Å². The van der Waals surface area contributed by atoms with Crippen molar-refractivity contribution in [3.05, 3.63) is 64.5 Å². The minimum absolute atomic E-state index is 0.196. The Morgan fingerprint density at radius 3 is 2.62 bits per heavy atom. The fraction of sp³-hybridized carbons (Fsp3) is 0.235. The number of aryl methyl sites for hydroxylation is 2. The van der Waals surface area contributed by atoms with Gasteiger partial charge in [-0.2, -0.15) is 0 Å². The summed E-state index contributed by atoms with van der Waals surface area (Å²) in [4.78, 5) is 0.385. The lowest BCUT2D eigenvalue weighted by Crippen LogP contribution is -2.15. The summed E-state index contributed by atoms with van der Waals surface area (Å²) in [5, 5.41) is 3.36. The van der Waals surface area contributed by atoms with Crippen molar-refractivity contribution in [2.75, 3.05) is 11.9 Å². The molecule has 0 saturated carbocycles. The molecule has 0 aromatic heterocycles. The molecule has 0 amide bonds. The molecule has 0 heterocycles. The molecule has 0 aliphatic carbocycles. The molecule has 2 aromatic carbocycles. The molecule has 0 aliphatic heterocycles. The fourth-order valence-electron chi connectivity index (χ4n) is 2.29. The first-order chi connectivity index (χ1) is 9.97. The lowest BCUT2D eigenvalue weighted by atomic mass is 10.1. The average molecular weight is 302 g/mol. The third kappa shape index (κ3) is 4.02. The lowest BCUT2D eigenvalue weighted by molar-refractivity contribution is 0.625. The summed E-state index contributed by atoms with van der Waals surface area (Å²) in [7, 11) is 0. The first-order valence-electron chi connectivity index (χ1n) is 6.86. The van der Waals surface area contributed by atoms with E-state index in [2.05, 4.69) is 5.32 Å². The molecule has 2 nitrogen and oxygen atoms in total. The number of anilines is 1. The Labute approximate surface area is 130 Å². The van der Waals surface area contributed by atoms with Gasteiger partial charge in [0.2, 0.25) is 0 Å². The molecule has 0 radical (unpaired) electrons. The van der Waals surface area contributed by atoms with Crippen molar-refractivity contribution in [3.8, 4) is 0 Å². The van der Waals surface area contributed by atoms with Crippen LogP contribution in [0.25, 0.3) is 0 Å². The molecule has 0 spiro atoms. The number of halogens is 1. The second kappa shape index (κ2) is 6.68. The van der Waals surface area contributed by atoms with Crippen LogP contribution in [0.5, 0.6) is 0 Å². The Balaban J connectivity index is 2.06. The van der Waals surface area contributed by atoms with Gasteiger partial charge >= 0.3 is 0 Å². The van der Waals surface area contributed by atoms with Crippen LogP contribution in [0.2, 0.25) is 0 Å². The predicted molar refractivity (Wildman–Crippen MR) is 90.4 cm³/mol. The Hall–Kier alpha value is -1.94. The molecule has 0 bridgehead atoms. The maximum atomic E-state index is 13.1. The summed E-state index contributed by atoms with van der Waals surface area (Å²) in [6, 6.07) is 10.8. The Morgan fingerprint density at radius 2 is 1.95 bits per heavy atom. The molecular formula is C17H19FN2S. The van der Waals surface area contributed by atoms with Crippen LogP contribution in [-0.2, 0) is 6.42 Å². The van der Waals surface area contributed by atoms with Crippen molar-refractivity contribution in [1.82, 2.24) is 0 Å². The standard InChI is InChI=1S/C17H19FN2S/c1-11-3-6-15(17(19)21)16(9-11)20-8-7-13-4-5-14(18)10-12(13)2/h3-6,9-10,20H,7-8H2,1-2H3,(H2,19,21). The molecule has 2 aromatic rings. The highest BCUT2D eigenvalue weighted by molar-refractivity contribution is 7.80. The van der Waals surface area contributed by atoms with Crippen molar-refractivity contribution >= 4 is 22.9 Å². The molecule has 110 valence electrons. The second-order valence-electron chi connectivity index (χ2n) is 5.16.